The molecule has 0 bridgehead atoms. The van der Waals surface area contributed by atoms with Crippen molar-refractivity contribution in [3.05, 3.63) is 28.3 Å². The Morgan fingerprint density at radius 2 is 2.17 bits per heavy atom. The first kappa shape index (κ1) is 15.7. The van der Waals surface area contributed by atoms with Crippen molar-refractivity contribution in [2.75, 3.05) is 19.7 Å². The van der Waals surface area contributed by atoms with Gasteiger partial charge in [-0.2, -0.15) is 0 Å². The van der Waals surface area contributed by atoms with E-state index in [-0.39, 0.29) is 6.04 Å². The molecule has 0 aromatic heterocycles. The number of piperidine rings is 1. The van der Waals surface area contributed by atoms with Gasteiger partial charge in [0.2, 0.25) is 12.1 Å². The number of aryl methyl sites for hydroxylation is 1. The van der Waals surface area contributed by atoms with Crippen molar-refractivity contribution >= 4 is 23.8 Å². The first-order chi connectivity index (χ1) is 11.8. The van der Waals surface area contributed by atoms with E-state index < -0.39 is 6.23 Å². The van der Waals surface area contributed by atoms with Crippen LogP contribution in [0.15, 0.2) is 17.2 Å². The highest BCUT2D eigenvalue weighted by molar-refractivity contribution is 6.31. The third-order valence-electron chi connectivity index (χ3n) is 4.70. The minimum absolute atomic E-state index is 0.204. The van der Waals surface area contributed by atoms with Crippen molar-refractivity contribution in [2.45, 2.75) is 38.0 Å². The number of hydrazone groups is 1. The number of aldehydes is 1. The minimum atomic E-state index is -0.679. The molecule has 128 valence electrons. The summed E-state index contributed by atoms with van der Waals surface area (Å²) >= 11 is 6.26. The van der Waals surface area contributed by atoms with E-state index in [4.69, 9.17) is 21.1 Å². The highest BCUT2D eigenvalue weighted by atomic mass is 35.5. The monoisotopic (exact) mass is 349 g/mol. The Kier molecular flexibility index (Phi) is 4.33. The van der Waals surface area contributed by atoms with Crippen LogP contribution < -0.4 is 10.1 Å². The molecule has 3 aliphatic rings. The summed E-state index contributed by atoms with van der Waals surface area (Å²) in [6.45, 7) is 2.52. The second kappa shape index (κ2) is 6.61. The molecule has 1 unspecified atom stereocenters. The van der Waals surface area contributed by atoms with Crippen molar-refractivity contribution < 1.29 is 14.3 Å². The van der Waals surface area contributed by atoms with Gasteiger partial charge in [-0.1, -0.05) is 11.6 Å². The first-order valence-corrected chi connectivity index (χ1v) is 8.79. The van der Waals surface area contributed by atoms with Crippen molar-refractivity contribution in [2.24, 2.45) is 5.10 Å². The van der Waals surface area contributed by atoms with Gasteiger partial charge >= 0.3 is 0 Å². The molecule has 1 fully saturated rings. The van der Waals surface area contributed by atoms with Gasteiger partial charge in [0.25, 0.3) is 0 Å². The summed E-state index contributed by atoms with van der Waals surface area (Å²) in [4.78, 5) is 11.5. The van der Waals surface area contributed by atoms with Crippen LogP contribution >= 0.6 is 11.6 Å². The van der Waals surface area contributed by atoms with E-state index in [1.54, 1.807) is 11.1 Å². The number of halogens is 1. The smallest absolute Gasteiger partial charge is 0.245 e. The number of ether oxygens (including phenoxy) is 2. The van der Waals surface area contributed by atoms with Crippen molar-refractivity contribution in [3.8, 4) is 5.75 Å². The Bertz CT molecular complexity index is 673. The van der Waals surface area contributed by atoms with Gasteiger partial charge in [0, 0.05) is 5.02 Å². The van der Waals surface area contributed by atoms with Gasteiger partial charge < -0.3 is 14.8 Å². The largest absolute Gasteiger partial charge is 0.492 e. The molecule has 0 saturated carbocycles. The number of hydrogen-bond acceptors (Lipinski definition) is 6. The van der Waals surface area contributed by atoms with E-state index in [2.05, 4.69) is 10.4 Å². The van der Waals surface area contributed by atoms with Gasteiger partial charge in [-0.15, -0.1) is 5.10 Å². The van der Waals surface area contributed by atoms with E-state index in [0.29, 0.717) is 17.5 Å². The Hall–Kier alpha value is -1.79. The van der Waals surface area contributed by atoms with Gasteiger partial charge in [0.15, 0.2) is 6.29 Å². The second-order valence-electron chi connectivity index (χ2n) is 6.30. The maximum Gasteiger partial charge on any atom is 0.245 e. The third-order valence-corrected chi connectivity index (χ3v) is 4.91. The topological polar surface area (TPSA) is 63.2 Å². The number of nitrogens with one attached hydrogen (secondary N) is 1. The standard InChI is InChI=1S/C17H20ClN3O3/c18-12-8-11-2-1-7-23-16(11)14(9-12)17-20-21(15(10-22)24-17)13-3-5-19-6-4-13/h8-10,13,15,19H,1-7H2. The SMILES string of the molecule is O=CC1OC(c2cc(Cl)cc3c2OCCC3)=NN1C1CCNCC1. The summed E-state index contributed by atoms with van der Waals surface area (Å²) in [5.41, 5.74) is 1.80. The molecule has 3 aliphatic heterocycles. The summed E-state index contributed by atoms with van der Waals surface area (Å²) in [7, 11) is 0. The van der Waals surface area contributed by atoms with Crippen molar-refractivity contribution in [1.29, 1.82) is 0 Å². The Labute approximate surface area is 145 Å². The average Bonchev–Trinajstić information content (AvgIpc) is 3.06. The lowest BCUT2D eigenvalue weighted by atomic mass is 10.0. The van der Waals surface area contributed by atoms with Gasteiger partial charge in [-0.05, 0) is 56.5 Å². The molecule has 0 amide bonds. The van der Waals surface area contributed by atoms with Crippen LogP contribution in [0, 0.1) is 0 Å². The van der Waals surface area contributed by atoms with Crippen molar-refractivity contribution in [1.82, 2.24) is 10.3 Å². The maximum atomic E-state index is 11.5. The van der Waals surface area contributed by atoms with Crippen molar-refractivity contribution in [3.63, 3.8) is 0 Å². The normalized spacial score (nSPS) is 24.0. The van der Waals surface area contributed by atoms with Gasteiger partial charge in [-0.25, -0.2) is 5.01 Å². The molecule has 24 heavy (non-hydrogen) atoms. The molecule has 1 saturated heterocycles. The molecular formula is C17H20ClN3O3. The minimum Gasteiger partial charge on any atom is -0.492 e. The summed E-state index contributed by atoms with van der Waals surface area (Å²) in [5, 5.41) is 10.4. The van der Waals surface area contributed by atoms with E-state index in [1.807, 2.05) is 6.07 Å². The Morgan fingerprint density at radius 3 is 2.96 bits per heavy atom. The van der Waals surface area contributed by atoms with Crippen LogP contribution in [-0.4, -0.2) is 49.2 Å². The zero-order valence-electron chi connectivity index (χ0n) is 13.3. The number of carbonyl (C=O) groups is 1. The van der Waals surface area contributed by atoms with Crippen LogP contribution in [0.3, 0.4) is 0 Å². The maximum absolute atomic E-state index is 11.5. The zero-order valence-corrected chi connectivity index (χ0v) is 14.1. The molecule has 1 atom stereocenters. The van der Waals surface area contributed by atoms with E-state index >= 15 is 0 Å². The lowest BCUT2D eigenvalue weighted by molar-refractivity contribution is -0.122. The molecule has 4 rings (SSSR count). The zero-order chi connectivity index (χ0) is 16.5. The van der Waals surface area contributed by atoms with Crippen LogP contribution in [0.1, 0.15) is 30.4 Å². The first-order valence-electron chi connectivity index (χ1n) is 8.41. The summed E-state index contributed by atoms with van der Waals surface area (Å²) in [6.07, 6.45) is 3.89. The number of benzene rings is 1. The molecule has 0 aliphatic carbocycles. The van der Waals surface area contributed by atoms with Crippen LogP contribution in [0.2, 0.25) is 5.02 Å². The summed E-state index contributed by atoms with van der Waals surface area (Å²) < 4.78 is 11.7. The lowest BCUT2D eigenvalue weighted by Gasteiger charge is -2.30. The molecule has 0 spiro atoms. The van der Waals surface area contributed by atoms with Gasteiger partial charge in [-0.3, -0.25) is 4.79 Å². The highest BCUT2D eigenvalue weighted by Gasteiger charge is 2.36. The fraction of sp³-hybridized carbons (Fsp3) is 0.529. The number of fused-ring (bicyclic) bond motifs is 1. The quantitative estimate of drug-likeness (QED) is 0.845. The number of hydrogen-bond donors (Lipinski definition) is 1. The Morgan fingerprint density at radius 1 is 1.33 bits per heavy atom. The van der Waals surface area contributed by atoms with Crippen LogP contribution in [0.4, 0.5) is 0 Å². The highest BCUT2D eigenvalue weighted by Crippen LogP contribution is 2.35. The van der Waals surface area contributed by atoms with E-state index in [1.165, 1.54) is 0 Å². The molecular weight excluding hydrogens is 330 g/mol. The number of nitrogens with zero attached hydrogens (tertiary/aromatic N) is 2. The Balaban J connectivity index is 1.68. The number of carbonyl (C=O) groups excluding carboxylic acids is 1. The number of rotatable bonds is 3. The fourth-order valence-electron chi connectivity index (χ4n) is 3.52. The summed E-state index contributed by atoms with van der Waals surface area (Å²) in [6, 6.07) is 3.93. The molecule has 0 radical (unpaired) electrons. The predicted molar refractivity (Wildman–Crippen MR) is 90.5 cm³/mol. The van der Waals surface area contributed by atoms with Crippen LogP contribution in [0.25, 0.3) is 0 Å². The molecule has 1 aromatic carbocycles. The van der Waals surface area contributed by atoms with Gasteiger partial charge in [0.05, 0.1) is 18.2 Å². The average molecular weight is 350 g/mol. The summed E-state index contributed by atoms with van der Waals surface area (Å²) in [5.74, 6) is 1.20. The molecule has 7 heteroatoms. The lowest BCUT2D eigenvalue weighted by Crippen LogP contribution is -2.44. The van der Waals surface area contributed by atoms with E-state index in [9.17, 15) is 4.79 Å². The molecule has 3 heterocycles. The molecule has 1 aromatic rings. The van der Waals surface area contributed by atoms with Crippen LogP contribution in [-0.2, 0) is 16.0 Å². The van der Waals surface area contributed by atoms with Gasteiger partial charge in [0.1, 0.15) is 5.75 Å². The predicted octanol–water partition coefficient (Wildman–Crippen LogP) is 1.94. The molecule has 1 N–H and O–H groups in total. The molecule has 6 nitrogen and oxygen atoms in total. The fourth-order valence-corrected chi connectivity index (χ4v) is 3.76. The van der Waals surface area contributed by atoms with E-state index in [0.717, 1.165) is 61.9 Å². The second-order valence-corrected chi connectivity index (χ2v) is 6.74. The van der Waals surface area contributed by atoms with Crippen LogP contribution in [0.5, 0.6) is 5.75 Å². The third kappa shape index (κ3) is 2.84.